The summed E-state index contributed by atoms with van der Waals surface area (Å²) >= 11 is 7.61. The minimum atomic E-state index is -0.201. The molecule has 6 N–H and O–H groups in total. The molecule has 9 heteroatoms. The van der Waals surface area contributed by atoms with Gasteiger partial charge >= 0.3 is 25.0 Å². The van der Waals surface area contributed by atoms with E-state index in [1.54, 1.807) is 6.92 Å². The average Bonchev–Trinajstić information content (AvgIpc) is 2.37. The number of nitrogens with one attached hydrogen (secondary N) is 1. The summed E-state index contributed by atoms with van der Waals surface area (Å²) in [6.07, 6.45) is 2.90. The van der Waals surface area contributed by atoms with Crippen molar-refractivity contribution in [1.29, 1.82) is 0 Å². The van der Waals surface area contributed by atoms with Crippen molar-refractivity contribution < 1.29 is 25.0 Å². The Kier molecular flexibility index (Phi) is 8.59. The van der Waals surface area contributed by atoms with Crippen molar-refractivity contribution in [2.24, 2.45) is 10.8 Å². The Morgan fingerprint density at radius 3 is 2.89 bits per heavy atom. The van der Waals surface area contributed by atoms with E-state index in [2.05, 4.69) is 52.7 Å². The van der Waals surface area contributed by atoms with Crippen molar-refractivity contribution >= 4 is 33.7 Å². The molecule has 6 nitrogen and oxygen atoms in total. The summed E-state index contributed by atoms with van der Waals surface area (Å²) < 4.78 is 0. The molecule has 1 heterocycles. The first-order valence-electron chi connectivity index (χ1n) is 4.58. The monoisotopic (exact) mass is 335 g/mol. The molecule has 0 radical (unpaired) electrons. The topological polar surface area (TPSA) is 106 Å². The number of nitrogens with zero attached hydrogens (tertiary/aromatic N) is 2. The number of aryl methyl sites for hydroxylation is 1. The predicted molar refractivity (Wildman–Crippen MR) is 71.3 cm³/mol. The molecule has 0 aliphatic heterocycles. The molecule has 0 spiro atoms. The van der Waals surface area contributed by atoms with Crippen LogP contribution in [0.3, 0.4) is 0 Å². The maximum absolute atomic E-state index is 9.09. The molecule has 0 bridgehead atoms. The van der Waals surface area contributed by atoms with Crippen molar-refractivity contribution in [2.75, 3.05) is 0 Å². The number of pyridine rings is 1. The van der Waals surface area contributed by atoms with Crippen LogP contribution >= 0.6 is 22.4 Å². The number of rotatable bonds is 3. The van der Waals surface area contributed by atoms with Gasteiger partial charge in [0, 0.05) is 11.8 Å². The van der Waals surface area contributed by atoms with Crippen molar-refractivity contribution in [3.63, 3.8) is 0 Å². The van der Waals surface area contributed by atoms with E-state index in [-0.39, 0.29) is 17.5 Å². The number of hydrogen-bond acceptors (Lipinski definition) is 4. The Morgan fingerprint density at radius 2 is 2.39 bits per heavy atom. The van der Waals surface area contributed by atoms with E-state index in [1.165, 1.54) is 12.4 Å². The van der Waals surface area contributed by atoms with Crippen molar-refractivity contribution in [1.82, 2.24) is 10.4 Å². The van der Waals surface area contributed by atoms with Gasteiger partial charge < -0.3 is 15.9 Å². The first-order chi connectivity index (χ1) is 8.56. The molecular formula is C9H13ClCoN4O2S+2. The first-order valence-corrected chi connectivity index (χ1v) is 6.42. The quantitative estimate of drug-likeness (QED) is 0.316. The van der Waals surface area contributed by atoms with E-state index in [0.717, 1.165) is 0 Å². The van der Waals surface area contributed by atoms with E-state index < -0.39 is 0 Å². The number of aliphatic hydroxyl groups excluding tert-OH is 1. The van der Waals surface area contributed by atoms with Crippen molar-refractivity contribution in [3.05, 3.63) is 23.0 Å². The Balaban J connectivity index is 0.00000137. The zero-order chi connectivity index (χ0) is 14.1. The Bertz CT molecular complexity index is 445. The van der Waals surface area contributed by atoms with Gasteiger partial charge in [0.05, 0.1) is 18.4 Å². The fourth-order valence-corrected chi connectivity index (χ4v) is 1.15. The second-order valence-electron chi connectivity index (χ2n) is 3.05. The summed E-state index contributed by atoms with van der Waals surface area (Å²) in [4.78, 5) is 3.97. The first kappa shape index (κ1) is 17.1. The molecule has 101 valence electrons. The molecule has 0 amide bonds. The summed E-state index contributed by atoms with van der Waals surface area (Å²) in [5.41, 5.74) is 9.17. The molecule has 0 unspecified atom stereocenters. The average molecular weight is 336 g/mol. The normalized spacial score (nSPS) is 9.78. The van der Waals surface area contributed by atoms with E-state index >= 15 is 0 Å². The predicted octanol–water partition coefficient (Wildman–Crippen LogP) is 0.174. The summed E-state index contributed by atoms with van der Waals surface area (Å²) in [5, 5.41) is 20.6. The minimum absolute atomic E-state index is 0.0408. The van der Waals surface area contributed by atoms with Crippen LogP contribution in [0.5, 0.6) is 5.75 Å². The van der Waals surface area contributed by atoms with Crippen LogP contribution in [-0.4, -0.2) is 26.5 Å². The van der Waals surface area contributed by atoms with Crippen LogP contribution in [0.2, 0.25) is 0 Å². The SMILES string of the molecule is Cc1ncc(CO)c(C=NNC(N)=S)c1[OH2+].[Cl][Co+]. The molecule has 1 rings (SSSR count). The van der Waals surface area contributed by atoms with Crippen molar-refractivity contribution in [2.45, 2.75) is 13.5 Å². The van der Waals surface area contributed by atoms with Gasteiger partial charge in [-0.1, -0.05) is 0 Å². The zero-order valence-corrected chi connectivity index (χ0v) is 12.0. The fourth-order valence-electron chi connectivity index (χ4n) is 1.10. The van der Waals surface area contributed by atoms with Gasteiger partial charge in [0.25, 0.3) is 5.75 Å². The number of hydrazone groups is 1. The van der Waals surface area contributed by atoms with Gasteiger partial charge in [-0.3, -0.25) is 10.4 Å². The second-order valence-corrected chi connectivity index (χ2v) is 3.49. The summed E-state index contributed by atoms with van der Waals surface area (Å²) in [6, 6.07) is 0. The van der Waals surface area contributed by atoms with Gasteiger partial charge in [-0.2, -0.15) is 5.10 Å². The van der Waals surface area contributed by atoms with E-state index in [4.69, 9.17) is 15.9 Å². The van der Waals surface area contributed by atoms with Crippen LogP contribution in [0.25, 0.3) is 0 Å². The standard InChI is InChI=1S/C9H12N4O2S.ClH.Co/c1-5-8(15)7(3-12-13-9(10)16)6(4-14)2-11-5;;/h2-3,14-15H,4H2,1H3,(H3,10,13,16);1H;/q;;+2. The summed E-state index contributed by atoms with van der Waals surface area (Å²) in [5.74, 6) is 0.222. The molecule has 0 atom stereocenters. The van der Waals surface area contributed by atoms with E-state index in [9.17, 15) is 0 Å². The molecule has 0 fully saturated rings. The molecule has 0 aromatic carbocycles. The maximum atomic E-state index is 9.09. The van der Waals surface area contributed by atoms with E-state index in [0.29, 0.717) is 16.8 Å². The Labute approximate surface area is 122 Å². The Hall–Kier alpha value is -0.934. The van der Waals surface area contributed by atoms with Crippen LogP contribution in [0.15, 0.2) is 11.3 Å². The van der Waals surface area contributed by atoms with Crippen LogP contribution in [0.1, 0.15) is 16.8 Å². The van der Waals surface area contributed by atoms with Gasteiger partial charge in [0.1, 0.15) is 5.69 Å². The molecular weight excluding hydrogens is 323 g/mol. The second kappa shape index (κ2) is 9.06. The summed E-state index contributed by atoms with van der Waals surface area (Å²) in [7, 11) is 4.33. The number of aromatic nitrogens is 1. The zero-order valence-electron chi connectivity index (χ0n) is 9.40. The molecule has 1 aromatic heterocycles. The molecule has 0 aliphatic carbocycles. The molecule has 18 heavy (non-hydrogen) atoms. The van der Waals surface area contributed by atoms with Gasteiger partial charge in [0.2, 0.25) is 0 Å². The third-order valence-corrected chi connectivity index (χ3v) is 2.02. The fraction of sp³-hybridized carbons (Fsp3) is 0.222. The van der Waals surface area contributed by atoms with Crippen LogP contribution in [0, 0.1) is 6.92 Å². The molecule has 1 aromatic rings. The molecule has 0 saturated heterocycles. The van der Waals surface area contributed by atoms with Gasteiger partial charge in [-0.25, -0.2) is 0 Å². The number of thiocarbonyl (C=S) groups is 1. The Morgan fingerprint density at radius 1 is 1.78 bits per heavy atom. The number of halogens is 1. The number of nitrogens with two attached hydrogens (primary N) is 1. The third kappa shape index (κ3) is 5.15. The summed E-state index contributed by atoms with van der Waals surface area (Å²) in [6.45, 7) is 1.51. The van der Waals surface area contributed by atoms with Gasteiger partial charge in [0.15, 0.2) is 5.11 Å². The molecule has 0 aliphatic rings. The third-order valence-electron chi connectivity index (χ3n) is 1.93. The van der Waals surface area contributed by atoms with Crippen LogP contribution < -0.4 is 11.2 Å². The van der Waals surface area contributed by atoms with Gasteiger partial charge in [-0.05, 0) is 19.1 Å². The van der Waals surface area contributed by atoms with Crippen molar-refractivity contribution in [3.8, 4) is 5.75 Å². The number of aliphatic hydroxyl groups is 1. The number of hydrogen-bond donors (Lipinski definition) is 3. The van der Waals surface area contributed by atoms with Crippen LogP contribution in [-0.2, 0) is 21.4 Å². The van der Waals surface area contributed by atoms with Crippen LogP contribution in [0.4, 0.5) is 0 Å². The van der Waals surface area contributed by atoms with Gasteiger partial charge in [-0.15, -0.1) is 0 Å². The van der Waals surface area contributed by atoms with E-state index in [1.807, 2.05) is 0 Å². The molecule has 0 saturated carbocycles.